The van der Waals surface area contributed by atoms with E-state index in [9.17, 15) is 23.4 Å². The van der Waals surface area contributed by atoms with Gasteiger partial charge in [0.2, 0.25) is 0 Å². The third-order valence-corrected chi connectivity index (χ3v) is 7.59. The highest BCUT2D eigenvalue weighted by atomic mass is 31.3. The summed E-state index contributed by atoms with van der Waals surface area (Å²) < 4.78 is 52.3. The number of nitrogens with two attached hydrogens (primary N) is 2. The minimum absolute atomic E-state index is 0.0478. The average Bonchev–Trinajstić information content (AvgIpc) is 3.06. The first-order chi connectivity index (χ1) is 14.7. The Bertz CT molecular complexity index is 1090. The van der Waals surface area contributed by atoms with E-state index in [4.69, 9.17) is 30.9 Å². The van der Waals surface area contributed by atoms with Gasteiger partial charge >= 0.3 is 29.2 Å². The first-order valence-corrected chi connectivity index (χ1v) is 13.2. The SMILES string of the molecule is NCC#Cc1cn(C[C@H]2CC[C@@H](COP(=O)(O)OP(=O)(O)OP(=O)(O)O)O2)c(=O)nc1N. The fraction of sp³-hybridized carbons (Fsp3) is 0.538. The van der Waals surface area contributed by atoms with E-state index in [0.29, 0.717) is 18.4 Å². The predicted molar refractivity (Wildman–Crippen MR) is 107 cm³/mol. The van der Waals surface area contributed by atoms with E-state index in [2.05, 4.69) is 30.0 Å². The third-order valence-electron chi connectivity index (χ3n) is 3.78. The summed E-state index contributed by atoms with van der Waals surface area (Å²) in [5.74, 6) is 5.23. The summed E-state index contributed by atoms with van der Waals surface area (Å²) in [7, 11) is -16.3. The average molecular weight is 518 g/mol. The van der Waals surface area contributed by atoms with Gasteiger partial charge in [-0.1, -0.05) is 11.8 Å². The Hall–Kier alpha value is -1.43. The maximum absolute atomic E-state index is 12.0. The number of hydrogen-bond acceptors (Lipinski definition) is 11. The Labute approximate surface area is 180 Å². The van der Waals surface area contributed by atoms with Gasteiger partial charge in [0.15, 0.2) is 0 Å². The monoisotopic (exact) mass is 518 g/mol. The molecule has 1 aliphatic heterocycles. The molecule has 180 valence electrons. The van der Waals surface area contributed by atoms with E-state index in [1.54, 1.807) is 0 Å². The highest BCUT2D eigenvalue weighted by Gasteiger charge is 2.41. The molecule has 0 aromatic carbocycles. The Balaban J connectivity index is 1.93. The molecule has 8 N–H and O–H groups in total. The van der Waals surface area contributed by atoms with Crippen molar-refractivity contribution in [2.24, 2.45) is 5.73 Å². The van der Waals surface area contributed by atoms with Crippen molar-refractivity contribution < 1.29 is 51.2 Å². The van der Waals surface area contributed by atoms with E-state index in [0.717, 1.165) is 0 Å². The van der Waals surface area contributed by atoms with Crippen LogP contribution in [-0.2, 0) is 38.1 Å². The van der Waals surface area contributed by atoms with Gasteiger partial charge in [-0.15, -0.1) is 0 Å². The van der Waals surface area contributed by atoms with Crippen molar-refractivity contribution in [3.63, 3.8) is 0 Å². The van der Waals surface area contributed by atoms with Crippen molar-refractivity contribution in [2.75, 3.05) is 18.9 Å². The van der Waals surface area contributed by atoms with E-state index < -0.39 is 48.0 Å². The maximum atomic E-state index is 12.0. The van der Waals surface area contributed by atoms with Gasteiger partial charge in [0.1, 0.15) is 5.82 Å². The quantitative estimate of drug-likeness (QED) is 0.170. The molecule has 1 aromatic rings. The fourth-order valence-corrected chi connectivity index (χ4v) is 5.66. The smallest absolute Gasteiger partial charge is 0.382 e. The van der Waals surface area contributed by atoms with Crippen LogP contribution in [0.5, 0.6) is 0 Å². The number of anilines is 1. The molecule has 1 saturated heterocycles. The van der Waals surface area contributed by atoms with Gasteiger partial charge < -0.3 is 35.8 Å². The normalized spacial score (nSPS) is 22.5. The van der Waals surface area contributed by atoms with Gasteiger partial charge in [-0.25, -0.2) is 18.5 Å². The number of rotatable bonds is 9. The van der Waals surface area contributed by atoms with E-state index in [1.807, 2.05) is 0 Å². The first-order valence-electron chi connectivity index (χ1n) is 8.69. The highest BCUT2D eigenvalue weighted by molar-refractivity contribution is 7.66. The number of phosphoric ester groups is 1. The summed E-state index contributed by atoms with van der Waals surface area (Å²) in [5.41, 5.74) is 10.6. The Morgan fingerprint density at radius 2 is 1.81 bits per heavy atom. The van der Waals surface area contributed by atoms with Gasteiger partial charge in [-0.2, -0.15) is 13.6 Å². The molecule has 1 aliphatic rings. The molecule has 4 atom stereocenters. The molecule has 0 aliphatic carbocycles. The molecule has 2 heterocycles. The minimum atomic E-state index is -5.59. The Morgan fingerprint density at radius 1 is 1.16 bits per heavy atom. The molecule has 0 saturated carbocycles. The zero-order valence-electron chi connectivity index (χ0n) is 16.2. The maximum Gasteiger partial charge on any atom is 0.490 e. The lowest BCUT2D eigenvalue weighted by Crippen LogP contribution is -2.30. The number of hydrogen-bond donors (Lipinski definition) is 6. The molecule has 1 fully saturated rings. The number of phosphoric acid groups is 3. The van der Waals surface area contributed by atoms with Crippen LogP contribution in [0.15, 0.2) is 11.0 Å². The first kappa shape index (κ1) is 26.8. The van der Waals surface area contributed by atoms with Crippen LogP contribution in [0.3, 0.4) is 0 Å². The summed E-state index contributed by atoms with van der Waals surface area (Å²) >= 11 is 0. The second-order valence-electron chi connectivity index (χ2n) is 6.32. The minimum Gasteiger partial charge on any atom is -0.382 e. The molecule has 0 spiro atoms. The van der Waals surface area contributed by atoms with Crippen molar-refractivity contribution in [3.8, 4) is 11.8 Å². The van der Waals surface area contributed by atoms with Crippen LogP contribution in [-0.4, -0.2) is 54.5 Å². The lowest BCUT2D eigenvalue weighted by molar-refractivity contribution is 0.00385. The van der Waals surface area contributed by atoms with E-state index in [-0.39, 0.29) is 18.9 Å². The van der Waals surface area contributed by atoms with Crippen molar-refractivity contribution in [2.45, 2.75) is 31.6 Å². The van der Waals surface area contributed by atoms with Crippen LogP contribution in [0.4, 0.5) is 5.82 Å². The van der Waals surface area contributed by atoms with Crippen molar-refractivity contribution in [1.29, 1.82) is 0 Å². The molecule has 19 heteroatoms. The Kier molecular flexibility index (Phi) is 8.94. The topological polar surface area (TPSA) is 256 Å². The molecule has 0 radical (unpaired) electrons. The van der Waals surface area contributed by atoms with Crippen molar-refractivity contribution in [3.05, 3.63) is 22.2 Å². The predicted octanol–water partition coefficient (Wildman–Crippen LogP) is -0.973. The molecule has 1 aromatic heterocycles. The third kappa shape index (κ3) is 8.84. The van der Waals surface area contributed by atoms with E-state index >= 15 is 0 Å². The standard InChI is InChI=1S/C13H21N4O12P3/c14-5-1-2-9-6-17(13(18)16-12(9)15)7-10-3-4-11(27-10)8-26-31(22,23)29-32(24,25)28-30(19,20)21/h6,10-11H,3-5,7-8,14H2,(H,22,23)(H,24,25)(H2,15,16,18)(H2,19,20,21)/t10-,11+/m1/s1. The highest BCUT2D eigenvalue weighted by Crippen LogP contribution is 2.66. The van der Waals surface area contributed by atoms with Crippen molar-refractivity contribution in [1.82, 2.24) is 9.55 Å². The molecule has 16 nitrogen and oxygen atoms in total. The Morgan fingerprint density at radius 3 is 2.44 bits per heavy atom. The summed E-state index contributed by atoms with van der Waals surface area (Å²) in [6.45, 7) is -0.418. The van der Waals surface area contributed by atoms with E-state index in [1.165, 1.54) is 10.8 Å². The second-order valence-corrected chi connectivity index (χ2v) is 10.7. The van der Waals surface area contributed by atoms with Crippen LogP contribution in [0.2, 0.25) is 0 Å². The van der Waals surface area contributed by atoms with Crippen LogP contribution in [0, 0.1) is 11.8 Å². The molecule has 2 rings (SSSR count). The van der Waals surface area contributed by atoms with Gasteiger partial charge in [0.05, 0.1) is 37.5 Å². The van der Waals surface area contributed by atoms with Crippen LogP contribution >= 0.6 is 23.5 Å². The summed E-state index contributed by atoms with van der Waals surface area (Å²) in [5, 5.41) is 0. The zero-order chi connectivity index (χ0) is 24.2. The summed E-state index contributed by atoms with van der Waals surface area (Å²) in [4.78, 5) is 51.3. The second kappa shape index (κ2) is 10.7. The van der Waals surface area contributed by atoms with Crippen LogP contribution in [0.1, 0.15) is 18.4 Å². The largest absolute Gasteiger partial charge is 0.490 e. The number of nitrogens with zero attached hydrogens (tertiary/aromatic N) is 2. The molecule has 0 bridgehead atoms. The molecule has 0 amide bonds. The van der Waals surface area contributed by atoms with Gasteiger partial charge in [0.25, 0.3) is 0 Å². The fourth-order valence-electron chi connectivity index (χ4n) is 2.62. The number of nitrogen functional groups attached to an aromatic ring is 1. The summed E-state index contributed by atoms with van der Waals surface area (Å²) in [6, 6.07) is 0. The van der Waals surface area contributed by atoms with Gasteiger partial charge in [-0.05, 0) is 12.8 Å². The number of ether oxygens (including phenoxy) is 1. The molecular formula is C13H21N4O12P3. The summed E-state index contributed by atoms with van der Waals surface area (Å²) in [6.07, 6.45) is 0.889. The van der Waals surface area contributed by atoms with Gasteiger partial charge in [-0.3, -0.25) is 9.09 Å². The lowest BCUT2D eigenvalue weighted by atomic mass is 10.2. The number of aromatic nitrogens is 2. The lowest BCUT2D eigenvalue weighted by Gasteiger charge is -2.18. The zero-order valence-corrected chi connectivity index (χ0v) is 18.9. The molecular weight excluding hydrogens is 497 g/mol. The van der Waals surface area contributed by atoms with Gasteiger partial charge in [0, 0.05) is 6.20 Å². The van der Waals surface area contributed by atoms with Crippen LogP contribution in [0.25, 0.3) is 0 Å². The van der Waals surface area contributed by atoms with Crippen molar-refractivity contribution >= 4 is 29.3 Å². The van der Waals surface area contributed by atoms with Crippen LogP contribution < -0.4 is 17.2 Å². The molecule has 32 heavy (non-hydrogen) atoms. The molecule has 2 unspecified atom stereocenters.